The molecular formula is C11H9N3OS. The zero-order chi connectivity index (χ0) is 11.5. The molecule has 0 bridgehead atoms. The van der Waals surface area contributed by atoms with Crippen molar-refractivity contribution in [3.05, 3.63) is 35.4 Å². The van der Waals surface area contributed by atoms with Crippen LogP contribution in [0.4, 0.5) is 10.7 Å². The Morgan fingerprint density at radius 3 is 3.00 bits per heavy atom. The highest BCUT2D eigenvalue weighted by molar-refractivity contribution is 7.10. The lowest BCUT2D eigenvalue weighted by molar-refractivity contribution is 0.458. The van der Waals surface area contributed by atoms with Gasteiger partial charge in [-0.3, -0.25) is 0 Å². The quantitative estimate of drug-likeness (QED) is 0.833. The van der Waals surface area contributed by atoms with Crippen molar-refractivity contribution in [2.75, 3.05) is 5.32 Å². The predicted molar refractivity (Wildman–Crippen MR) is 63.0 cm³/mol. The van der Waals surface area contributed by atoms with Crippen LogP contribution in [0.5, 0.6) is 5.88 Å². The average molecular weight is 231 g/mol. The smallest absolute Gasteiger partial charge is 0.243 e. The van der Waals surface area contributed by atoms with Gasteiger partial charge in [-0.2, -0.15) is 9.64 Å². The van der Waals surface area contributed by atoms with Crippen molar-refractivity contribution in [2.45, 2.75) is 6.92 Å². The number of rotatable bonds is 2. The summed E-state index contributed by atoms with van der Waals surface area (Å²) in [6.07, 6.45) is 0. The van der Waals surface area contributed by atoms with Crippen LogP contribution in [0, 0.1) is 18.3 Å². The van der Waals surface area contributed by atoms with Crippen LogP contribution in [-0.4, -0.2) is 9.48 Å². The molecule has 4 nitrogen and oxygen atoms in total. The van der Waals surface area contributed by atoms with Crippen LogP contribution in [0.25, 0.3) is 0 Å². The summed E-state index contributed by atoms with van der Waals surface area (Å²) in [5.74, 6) is -0.220. The van der Waals surface area contributed by atoms with Crippen molar-refractivity contribution >= 4 is 22.2 Å². The Morgan fingerprint density at radius 1 is 1.50 bits per heavy atom. The Labute approximate surface area is 97.0 Å². The van der Waals surface area contributed by atoms with E-state index >= 15 is 0 Å². The minimum atomic E-state index is -0.220. The second-order valence-corrected chi connectivity index (χ2v) is 4.09. The molecule has 0 aliphatic carbocycles. The number of aromatic nitrogens is 1. The highest BCUT2D eigenvalue weighted by atomic mass is 32.1. The van der Waals surface area contributed by atoms with E-state index in [0.717, 1.165) is 22.8 Å². The molecular weight excluding hydrogens is 222 g/mol. The van der Waals surface area contributed by atoms with Crippen LogP contribution in [0.2, 0.25) is 0 Å². The van der Waals surface area contributed by atoms with Crippen molar-refractivity contribution in [3.8, 4) is 11.9 Å². The van der Waals surface area contributed by atoms with E-state index in [-0.39, 0.29) is 11.4 Å². The summed E-state index contributed by atoms with van der Waals surface area (Å²) < 4.78 is 3.72. The van der Waals surface area contributed by atoms with Gasteiger partial charge in [0, 0.05) is 5.69 Å². The third kappa shape index (κ3) is 1.97. The second kappa shape index (κ2) is 4.21. The molecule has 0 saturated heterocycles. The van der Waals surface area contributed by atoms with Crippen molar-refractivity contribution in [1.82, 2.24) is 4.37 Å². The third-order valence-electron chi connectivity index (χ3n) is 2.06. The summed E-state index contributed by atoms with van der Waals surface area (Å²) >= 11 is 1.07. The van der Waals surface area contributed by atoms with Crippen molar-refractivity contribution < 1.29 is 5.11 Å². The fourth-order valence-electron chi connectivity index (χ4n) is 1.32. The van der Waals surface area contributed by atoms with E-state index in [1.807, 2.05) is 37.3 Å². The van der Waals surface area contributed by atoms with Gasteiger partial charge in [-0.15, -0.1) is 0 Å². The first-order valence-corrected chi connectivity index (χ1v) is 5.40. The molecule has 0 radical (unpaired) electrons. The maximum Gasteiger partial charge on any atom is 0.243 e. The predicted octanol–water partition coefficient (Wildman–Crippen LogP) is 2.77. The molecule has 0 aliphatic heterocycles. The van der Waals surface area contributed by atoms with Crippen molar-refractivity contribution in [3.63, 3.8) is 0 Å². The zero-order valence-corrected chi connectivity index (χ0v) is 9.38. The molecule has 0 atom stereocenters. The van der Waals surface area contributed by atoms with Gasteiger partial charge < -0.3 is 10.4 Å². The van der Waals surface area contributed by atoms with Crippen LogP contribution in [0.3, 0.4) is 0 Å². The molecule has 0 fully saturated rings. The van der Waals surface area contributed by atoms with Gasteiger partial charge in [-0.05, 0) is 36.2 Å². The van der Waals surface area contributed by atoms with Crippen LogP contribution in [0.15, 0.2) is 24.3 Å². The summed E-state index contributed by atoms with van der Waals surface area (Å²) in [5, 5.41) is 21.8. The first kappa shape index (κ1) is 10.5. The van der Waals surface area contributed by atoms with Crippen LogP contribution >= 0.6 is 11.5 Å². The van der Waals surface area contributed by atoms with Gasteiger partial charge in [-0.1, -0.05) is 12.1 Å². The first-order chi connectivity index (χ1) is 7.70. The molecule has 1 aromatic heterocycles. The lowest BCUT2D eigenvalue weighted by atomic mass is 10.2. The Hall–Kier alpha value is -2.06. The van der Waals surface area contributed by atoms with E-state index < -0.39 is 0 Å². The Balaban J connectivity index is 2.31. The van der Waals surface area contributed by atoms with Crippen LogP contribution in [-0.2, 0) is 0 Å². The number of nitriles is 1. The van der Waals surface area contributed by atoms with E-state index in [2.05, 4.69) is 9.69 Å². The van der Waals surface area contributed by atoms with Gasteiger partial charge in [-0.25, -0.2) is 0 Å². The fourth-order valence-corrected chi connectivity index (χ4v) is 1.98. The lowest BCUT2D eigenvalue weighted by Gasteiger charge is -2.03. The minimum absolute atomic E-state index is 0.187. The van der Waals surface area contributed by atoms with E-state index in [0.29, 0.717) is 5.00 Å². The number of anilines is 2. The third-order valence-corrected chi connectivity index (χ3v) is 2.81. The number of benzene rings is 1. The Kier molecular flexibility index (Phi) is 2.75. The maximum atomic E-state index is 9.30. The molecule has 0 spiro atoms. The summed E-state index contributed by atoms with van der Waals surface area (Å²) in [7, 11) is 0. The highest BCUT2D eigenvalue weighted by Gasteiger charge is 2.12. The summed E-state index contributed by atoms with van der Waals surface area (Å²) in [6, 6.07) is 9.67. The van der Waals surface area contributed by atoms with E-state index in [9.17, 15) is 5.11 Å². The number of aromatic hydroxyl groups is 1. The largest absolute Gasteiger partial charge is 0.492 e. The topological polar surface area (TPSA) is 68.9 Å². The normalized spacial score (nSPS) is 9.75. The molecule has 2 aromatic rings. The number of aryl methyl sites for hydroxylation is 1. The molecule has 2 rings (SSSR count). The summed E-state index contributed by atoms with van der Waals surface area (Å²) in [6.45, 7) is 1.99. The minimum Gasteiger partial charge on any atom is -0.492 e. The first-order valence-electron chi connectivity index (χ1n) is 4.63. The van der Waals surface area contributed by atoms with Gasteiger partial charge >= 0.3 is 0 Å². The van der Waals surface area contributed by atoms with Crippen molar-refractivity contribution in [2.24, 2.45) is 0 Å². The molecule has 0 unspecified atom stereocenters. The number of nitrogens with zero attached hydrogens (tertiary/aromatic N) is 2. The monoisotopic (exact) mass is 231 g/mol. The Bertz CT molecular complexity index is 557. The standard InChI is InChI=1S/C11H9N3OS/c1-7-3-2-4-8(5-7)13-11-9(6-12)10(15)14-16-11/h2-5,13H,1H3,(H,14,15). The molecule has 0 saturated carbocycles. The van der Waals surface area contributed by atoms with E-state index in [4.69, 9.17) is 5.26 Å². The van der Waals surface area contributed by atoms with E-state index in [1.54, 1.807) is 0 Å². The molecule has 1 aromatic carbocycles. The summed E-state index contributed by atoms with van der Waals surface area (Å²) in [4.78, 5) is 0. The molecule has 2 N–H and O–H groups in total. The lowest BCUT2D eigenvalue weighted by Crippen LogP contribution is -1.89. The molecule has 5 heteroatoms. The Morgan fingerprint density at radius 2 is 2.31 bits per heavy atom. The van der Waals surface area contributed by atoms with Crippen molar-refractivity contribution in [1.29, 1.82) is 5.26 Å². The number of hydrogen-bond donors (Lipinski definition) is 2. The van der Waals surface area contributed by atoms with Gasteiger partial charge in [0.15, 0.2) is 5.56 Å². The summed E-state index contributed by atoms with van der Waals surface area (Å²) in [5.41, 5.74) is 2.18. The zero-order valence-electron chi connectivity index (χ0n) is 8.56. The molecule has 0 amide bonds. The SMILES string of the molecule is Cc1cccc(Nc2snc(O)c2C#N)c1. The number of nitrogens with one attached hydrogen (secondary N) is 1. The van der Waals surface area contributed by atoms with Crippen LogP contribution in [0.1, 0.15) is 11.1 Å². The van der Waals surface area contributed by atoms with Gasteiger partial charge in [0.25, 0.3) is 0 Å². The van der Waals surface area contributed by atoms with E-state index in [1.165, 1.54) is 0 Å². The van der Waals surface area contributed by atoms with Gasteiger partial charge in [0.2, 0.25) is 5.88 Å². The maximum absolute atomic E-state index is 9.30. The number of hydrogen-bond acceptors (Lipinski definition) is 5. The molecule has 80 valence electrons. The van der Waals surface area contributed by atoms with Crippen LogP contribution < -0.4 is 5.32 Å². The highest BCUT2D eigenvalue weighted by Crippen LogP contribution is 2.31. The molecule has 16 heavy (non-hydrogen) atoms. The molecule has 0 aliphatic rings. The van der Waals surface area contributed by atoms with Gasteiger partial charge in [0.1, 0.15) is 11.1 Å². The second-order valence-electron chi connectivity index (χ2n) is 3.32. The average Bonchev–Trinajstić information content (AvgIpc) is 2.59. The van der Waals surface area contributed by atoms with Gasteiger partial charge in [0.05, 0.1) is 0 Å². The fraction of sp³-hybridized carbons (Fsp3) is 0.0909. The molecule has 1 heterocycles.